The molecule has 146 valence electrons. The second-order valence-corrected chi connectivity index (χ2v) is 9.50. The zero-order valence-corrected chi connectivity index (χ0v) is 17.2. The van der Waals surface area contributed by atoms with Gasteiger partial charge in [0, 0.05) is 21.0 Å². The number of rotatable bonds is 2. The fraction of sp³-hybridized carbons (Fsp3) is 0.333. The first-order valence-electron chi connectivity index (χ1n) is 9.64. The monoisotopic (exact) mass is 424 g/mol. The third-order valence-corrected chi connectivity index (χ3v) is 7.73. The van der Waals surface area contributed by atoms with Crippen LogP contribution in [0, 0.1) is 12.8 Å². The number of nitrogens with zero attached hydrogens (tertiary/aromatic N) is 4. The zero-order valence-electron chi connectivity index (χ0n) is 15.6. The molecule has 1 spiro atoms. The van der Waals surface area contributed by atoms with E-state index >= 15 is 0 Å². The number of carboxylic acid groups (broad SMARTS) is 1. The maximum Gasteiger partial charge on any atom is 0.307 e. The van der Waals surface area contributed by atoms with E-state index in [2.05, 4.69) is 14.8 Å². The van der Waals surface area contributed by atoms with Gasteiger partial charge in [-0.05, 0) is 44.2 Å². The van der Waals surface area contributed by atoms with Crippen LogP contribution in [0.3, 0.4) is 0 Å². The Morgan fingerprint density at radius 1 is 1.28 bits per heavy atom. The first kappa shape index (κ1) is 17.4. The molecule has 0 radical (unpaired) electrons. The summed E-state index contributed by atoms with van der Waals surface area (Å²) in [5, 5.41) is 20.1. The summed E-state index contributed by atoms with van der Waals surface area (Å²) in [4.78, 5) is 18.0. The molecule has 3 aliphatic rings. The summed E-state index contributed by atoms with van der Waals surface area (Å²) < 4.78 is 2.13. The lowest BCUT2D eigenvalue weighted by Gasteiger charge is -2.12. The summed E-state index contributed by atoms with van der Waals surface area (Å²) in [5.74, 6) is 0.589. The largest absolute Gasteiger partial charge is 0.481 e. The summed E-state index contributed by atoms with van der Waals surface area (Å²) in [7, 11) is 0. The number of aliphatic carboxylic acids is 1. The van der Waals surface area contributed by atoms with Crippen molar-refractivity contribution in [3.8, 4) is 5.00 Å². The van der Waals surface area contributed by atoms with Crippen LogP contribution in [0.1, 0.15) is 46.1 Å². The number of aliphatic imine (C=N–C) groups is 1. The third-order valence-electron chi connectivity index (χ3n) is 6.16. The Kier molecular flexibility index (Phi) is 3.45. The number of carboxylic acids is 1. The fourth-order valence-corrected chi connectivity index (χ4v) is 6.21. The van der Waals surface area contributed by atoms with Crippen molar-refractivity contribution in [2.24, 2.45) is 10.9 Å². The Labute approximate surface area is 175 Å². The highest BCUT2D eigenvalue weighted by atomic mass is 35.5. The average molecular weight is 425 g/mol. The van der Waals surface area contributed by atoms with Crippen molar-refractivity contribution >= 4 is 34.6 Å². The van der Waals surface area contributed by atoms with Gasteiger partial charge in [-0.1, -0.05) is 29.8 Å². The molecule has 0 amide bonds. The highest BCUT2D eigenvalue weighted by Crippen LogP contribution is 2.54. The van der Waals surface area contributed by atoms with Gasteiger partial charge in [0.25, 0.3) is 0 Å². The molecular weight excluding hydrogens is 408 g/mol. The molecule has 8 heteroatoms. The van der Waals surface area contributed by atoms with E-state index in [9.17, 15) is 9.90 Å². The smallest absolute Gasteiger partial charge is 0.307 e. The molecule has 2 aromatic heterocycles. The Hall–Kier alpha value is -2.51. The van der Waals surface area contributed by atoms with Gasteiger partial charge in [0.05, 0.1) is 11.6 Å². The van der Waals surface area contributed by atoms with Crippen molar-refractivity contribution in [2.45, 2.75) is 38.1 Å². The number of hydrogen-bond donors (Lipinski definition) is 1. The van der Waals surface area contributed by atoms with Crippen molar-refractivity contribution in [1.29, 1.82) is 0 Å². The molecule has 1 N–H and O–H groups in total. The van der Waals surface area contributed by atoms with E-state index in [0.717, 1.165) is 56.8 Å². The van der Waals surface area contributed by atoms with Crippen molar-refractivity contribution in [3.05, 3.63) is 62.5 Å². The highest BCUT2D eigenvalue weighted by Gasteiger charge is 2.52. The standard InChI is InChI=1S/C21H17ClN4O2S/c1-10-24-25-20-21(6-7-21)23-17(12-4-2-3-5-14(12)22)16-13-8-11(19(27)28)9-15(13)29-18(16)26(10)20/h2-5,11H,6-9H2,1H3,(H,27,28)/t11-/m0/s1. The molecule has 1 aromatic carbocycles. The molecule has 1 aliphatic heterocycles. The summed E-state index contributed by atoms with van der Waals surface area (Å²) in [6.07, 6.45) is 2.92. The van der Waals surface area contributed by atoms with Crippen molar-refractivity contribution in [1.82, 2.24) is 14.8 Å². The quantitative estimate of drug-likeness (QED) is 0.675. The first-order chi connectivity index (χ1) is 14.0. The molecule has 1 atom stereocenters. The van der Waals surface area contributed by atoms with Crippen molar-refractivity contribution < 1.29 is 9.90 Å². The summed E-state index contributed by atoms with van der Waals surface area (Å²) >= 11 is 8.25. The summed E-state index contributed by atoms with van der Waals surface area (Å²) in [5.41, 5.74) is 3.48. The van der Waals surface area contributed by atoms with Gasteiger partial charge in [-0.25, -0.2) is 0 Å². The fourth-order valence-electron chi connectivity index (χ4n) is 4.53. The molecule has 29 heavy (non-hydrogen) atoms. The van der Waals surface area contributed by atoms with E-state index in [-0.39, 0.29) is 11.5 Å². The number of aromatic nitrogens is 3. The van der Waals surface area contributed by atoms with E-state index in [4.69, 9.17) is 16.6 Å². The predicted molar refractivity (Wildman–Crippen MR) is 111 cm³/mol. The average Bonchev–Trinajstić information content (AvgIpc) is 3.04. The van der Waals surface area contributed by atoms with Gasteiger partial charge in [-0.2, -0.15) is 0 Å². The SMILES string of the molecule is Cc1nnc2n1-c1sc3c(c1C(c1ccccc1Cl)=NC21CC1)C[C@H](C(=O)O)C3. The summed E-state index contributed by atoms with van der Waals surface area (Å²) in [6.45, 7) is 1.96. The Morgan fingerprint density at radius 2 is 2.07 bits per heavy atom. The van der Waals surface area contributed by atoms with Gasteiger partial charge in [-0.15, -0.1) is 21.5 Å². The van der Waals surface area contributed by atoms with Crippen molar-refractivity contribution in [3.63, 3.8) is 0 Å². The molecule has 1 saturated carbocycles. The minimum atomic E-state index is -0.744. The van der Waals surface area contributed by atoms with Gasteiger partial charge in [0.15, 0.2) is 5.82 Å². The highest BCUT2D eigenvalue weighted by molar-refractivity contribution is 7.15. The lowest BCUT2D eigenvalue weighted by atomic mass is 9.97. The number of carbonyl (C=O) groups is 1. The number of halogens is 1. The minimum absolute atomic E-state index is 0.369. The van der Waals surface area contributed by atoms with Crippen LogP contribution in [-0.2, 0) is 23.2 Å². The topological polar surface area (TPSA) is 80.4 Å². The van der Waals surface area contributed by atoms with E-state index < -0.39 is 5.97 Å². The van der Waals surface area contributed by atoms with Crippen LogP contribution in [0.15, 0.2) is 29.3 Å². The second-order valence-electron chi connectivity index (χ2n) is 8.01. The molecule has 0 unspecified atom stereocenters. The Bertz CT molecular complexity index is 1240. The molecule has 0 saturated heterocycles. The van der Waals surface area contributed by atoms with Crippen LogP contribution in [0.25, 0.3) is 5.00 Å². The van der Waals surface area contributed by atoms with Gasteiger partial charge in [-0.3, -0.25) is 14.4 Å². The maximum atomic E-state index is 11.7. The Balaban J connectivity index is 1.67. The van der Waals surface area contributed by atoms with Gasteiger partial charge < -0.3 is 5.11 Å². The molecule has 3 heterocycles. The maximum absolute atomic E-state index is 11.7. The van der Waals surface area contributed by atoms with Crippen LogP contribution >= 0.6 is 22.9 Å². The van der Waals surface area contributed by atoms with Crippen LogP contribution < -0.4 is 0 Å². The van der Waals surface area contributed by atoms with Gasteiger partial charge in [0.2, 0.25) is 0 Å². The predicted octanol–water partition coefficient (Wildman–Crippen LogP) is 3.93. The molecule has 1 fully saturated rings. The third kappa shape index (κ3) is 2.34. The number of fused-ring (bicyclic) bond motifs is 6. The number of hydrogen-bond acceptors (Lipinski definition) is 5. The van der Waals surface area contributed by atoms with Gasteiger partial charge >= 0.3 is 5.97 Å². The lowest BCUT2D eigenvalue weighted by Crippen LogP contribution is -2.15. The first-order valence-corrected chi connectivity index (χ1v) is 10.8. The summed E-state index contributed by atoms with van der Waals surface area (Å²) in [6, 6.07) is 7.75. The van der Waals surface area contributed by atoms with E-state index in [0.29, 0.717) is 17.9 Å². The van der Waals surface area contributed by atoms with Crippen LogP contribution in [0.4, 0.5) is 0 Å². The van der Waals surface area contributed by atoms with Crippen LogP contribution in [0.2, 0.25) is 5.02 Å². The molecule has 6 nitrogen and oxygen atoms in total. The van der Waals surface area contributed by atoms with Crippen molar-refractivity contribution in [2.75, 3.05) is 0 Å². The van der Waals surface area contributed by atoms with Crippen LogP contribution in [0.5, 0.6) is 0 Å². The molecule has 0 bridgehead atoms. The van der Waals surface area contributed by atoms with Gasteiger partial charge in [0.1, 0.15) is 16.4 Å². The second kappa shape index (κ2) is 5.77. The number of thiophene rings is 1. The normalized spacial score (nSPS) is 20.6. The molecular formula is C21H17ClN4O2S. The molecule has 3 aromatic rings. The molecule has 2 aliphatic carbocycles. The van der Waals surface area contributed by atoms with E-state index in [1.165, 1.54) is 0 Å². The minimum Gasteiger partial charge on any atom is -0.481 e. The van der Waals surface area contributed by atoms with E-state index in [1.54, 1.807) is 11.3 Å². The Morgan fingerprint density at radius 3 is 2.79 bits per heavy atom. The zero-order chi connectivity index (χ0) is 19.9. The lowest BCUT2D eigenvalue weighted by molar-refractivity contribution is -0.141. The van der Waals surface area contributed by atoms with E-state index in [1.807, 2.05) is 31.2 Å². The molecule has 6 rings (SSSR count). The number of aryl methyl sites for hydroxylation is 1. The van der Waals surface area contributed by atoms with Crippen LogP contribution in [-0.4, -0.2) is 31.6 Å². The number of benzene rings is 1.